The Hall–Kier alpha value is -3.28. The molecule has 8 nitrogen and oxygen atoms in total. The van der Waals surface area contributed by atoms with Crippen molar-refractivity contribution in [2.75, 3.05) is 30.9 Å². The zero-order valence-electron chi connectivity index (χ0n) is 19.0. The number of amides is 1. The van der Waals surface area contributed by atoms with Crippen LogP contribution in [-0.2, 0) is 13.2 Å². The second-order valence-corrected chi connectivity index (χ2v) is 9.46. The molecule has 1 aromatic carbocycles. The summed E-state index contributed by atoms with van der Waals surface area (Å²) < 4.78 is 41.1. The maximum atomic E-state index is 13.1. The number of anilines is 2. The average molecular weight is 492 g/mol. The average Bonchev–Trinajstić information content (AvgIpc) is 3.39. The summed E-state index contributed by atoms with van der Waals surface area (Å²) in [4.78, 5) is 27.2. The molecule has 3 heterocycles. The van der Waals surface area contributed by atoms with E-state index < -0.39 is 11.7 Å². The minimum absolute atomic E-state index is 0.0378. The minimum Gasteiger partial charge on any atom is -0.376 e. The number of fused-ring (bicyclic) bond motifs is 1. The Morgan fingerprint density at radius 1 is 1.26 bits per heavy atom. The van der Waals surface area contributed by atoms with Crippen molar-refractivity contribution in [2.45, 2.75) is 24.4 Å². The van der Waals surface area contributed by atoms with Crippen LogP contribution in [0, 0.1) is 0 Å². The number of thioether (sulfide) groups is 1. The van der Waals surface area contributed by atoms with Gasteiger partial charge >= 0.3 is 6.18 Å². The van der Waals surface area contributed by atoms with Gasteiger partial charge in [0.2, 0.25) is 0 Å². The van der Waals surface area contributed by atoms with E-state index in [1.54, 1.807) is 37.6 Å². The van der Waals surface area contributed by atoms with E-state index in [1.807, 2.05) is 18.5 Å². The molecule has 1 amide bonds. The van der Waals surface area contributed by atoms with Gasteiger partial charge in [0.25, 0.3) is 5.91 Å². The van der Waals surface area contributed by atoms with E-state index in [9.17, 15) is 18.0 Å². The number of carbonyl (C=O) groups is 1. The van der Waals surface area contributed by atoms with Crippen molar-refractivity contribution in [3.05, 3.63) is 48.0 Å². The second-order valence-electron chi connectivity index (χ2n) is 8.23. The first-order chi connectivity index (χ1) is 16.0. The molecule has 12 heteroatoms. The van der Waals surface area contributed by atoms with E-state index >= 15 is 0 Å². The number of rotatable bonds is 5. The third-order valence-electron chi connectivity index (χ3n) is 5.49. The van der Waals surface area contributed by atoms with Gasteiger partial charge in [-0.15, -0.1) is 0 Å². The summed E-state index contributed by atoms with van der Waals surface area (Å²) in [7, 11) is 5.21. The van der Waals surface area contributed by atoms with Gasteiger partial charge in [-0.25, -0.2) is 9.97 Å². The number of hydrogen-bond acceptors (Lipinski definition) is 7. The SMILES string of the molecule is CC(NC(=O)c1cc2c(cn1)ncn2C)C1CN=C(Nc2ccc(C(F)(F)F)cc2N(C)C)S1. The van der Waals surface area contributed by atoms with E-state index in [-0.39, 0.29) is 17.2 Å². The van der Waals surface area contributed by atoms with Gasteiger partial charge in [0.1, 0.15) is 11.2 Å². The normalized spacial score (nSPS) is 16.9. The van der Waals surface area contributed by atoms with Crippen molar-refractivity contribution in [2.24, 2.45) is 12.0 Å². The van der Waals surface area contributed by atoms with Crippen LogP contribution in [0.15, 0.2) is 41.8 Å². The van der Waals surface area contributed by atoms with Gasteiger partial charge in [-0.3, -0.25) is 9.79 Å². The number of benzene rings is 1. The van der Waals surface area contributed by atoms with Crippen LogP contribution in [0.5, 0.6) is 0 Å². The number of aryl methyl sites for hydroxylation is 1. The molecule has 2 aromatic heterocycles. The number of nitrogens with zero attached hydrogens (tertiary/aromatic N) is 5. The highest BCUT2D eigenvalue weighted by atomic mass is 32.2. The lowest BCUT2D eigenvalue weighted by Gasteiger charge is -2.21. The van der Waals surface area contributed by atoms with Crippen LogP contribution >= 0.6 is 11.8 Å². The van der Waals surface area contributed by atoms with Crippen molar-refractivity contribution >= 4 is 45.2 Å². The summed E-state index contributed by atoms with van der Waals surface area (Å²) in [5.41, 5.74) is 2.03. The maximum absolute atomic E-state index is 13.1. The first-order valence-electron chi connectivity index (χ1n) is 10.5. The number of halogens is 3. The van der Waals surface area contributed by atoms with Crippen molar-refractivity contribution in [3.8, 4) is 0 Å². The number of imidazole rings is 1. The second kappa shape index (κ2) is 9.16. The Kier molecular flexibility index (Phi) is 6.43. The van der Waals surface area contributed by atoms with Crippen LogP contribution in [0.3, 0.4) is 0 Å². The first kappa shape index (κ1) is 23.9. The van der Waals surface area contributed by atoms with Crippen LogP contribution in [-0.4, -0.2) is 57.5 Å². The lowest BCUT2D eigenvalue weighted by Crippen LogP contribution is -2.40. The number of carbonyl (C=O) groups excluding carboxylic acids is 1. The molecule has 1 aliphatic rings. The molecule has 2 atom stereocenters. The van der Waals surface area contributed by atoms with Crippen molar-refractivity contribution in [1.82, 2.24) is 19.9 Å². The molecule has 2 N–H and O–H groups in total. The highest BCUT2D eigenvalue weighted by Crippen LogP contribution is 2.36. The molecule has 0 saturated heterocycles. The standard InChI is InChI=1S/C22H24F3N7OS/c1-12(29-20(33)15-8-18-16(9-26-15)28-11-32(18)4)19-10-27-21(34-19)30-14-6-5-13(22(23,24)25)7-17(14)31(2)3/h5-9,11-12,19H,10H2,1-4H3,(H,27,30)(H,29,33). The van der Waals surface area contributed by atoms with Crippen molar-refractivity contribution in [1.29, 1.82) is 0 Å². The van der Waals surface area contributed by atoms with Gasteiger partial charge in [-0.05, 0) is 31.2 Å². The molecule has 1 aliphatic heterocycles. The number of hydrogen-bond donors (Lipinski definition) is 2. The van der Waals surface area contributed by atoms with E-state index in [2.05, 4.69) is 25.6 Å². The van der Waals surface area contributed by atoms with Crippen molar-refractivity contribution in [3.63, 3.8) is 0 Å². The zero-order chi connectivity index (χ0) is 24.6. The van der Waals surface area contributed by atoms with Crippen LogP contribution in [0.25, 0.3) is 11.0 Å². The molecule has 0 aliphatic carbocycles. The number of aromatic nitrogens is 3. The third kappa shape index (κ3) is 4.96. The fourth-order valence-corrected chi connectivity index (χ4v) is 4.57. The minimum atomic E-state index is -4.42. The molecule has 3 aromatic rings. The number of nitrogens with one attached hydrogen (secondary N) is 2. The molecule has 4 rings (SSSR count). The Bertz CT molecular complexity index is 1260. The summed E-state index contributed by atoms with van der Waals surface area (Å²) in [5, 5.41) is 6.65. The Morgan fingerprint density at radius 3 is 2.74 bits per heavy atom. The first-order valence-corrected chi connectivity index (χ1v) is 11.4. The lowest BCUT2D eigenvalue weighted by molar-refractivity contribution is -0.137. The van der Waals surface area contributed by atoms with Crippen LogP contribution in [0.2, 0.25) is 0 Å². The number of amidine groups is 1. The van der Waals surface area contributed by atoms with Gasteiger partial charge in [-0.1, -0.05) is 11.8 Å². The monoisotopic (exact) mass is 491 g/mol. The zero-order valence-corrected chi connectivity index (χ0v) is 19.8. The number of pyridine rings is 1. The predicted octanol–water partition coefficient (Wildman–Crippen LogP) is 3.75. The smallest absolute Gasteiger partial charge is 0.376 e. The van der Waals surface area contributed by atoms with Gasteiger partial charge in [0.05, 0.1) is 46.8 Å². The molecule has 34 heavy (non-hydrogen) atoms. The summed E-state index contributed by atoms with van der Waals surface area (Å²) in [6.45, 7) is 2.35. The molecule has 0 radical (unpaired) electrons. The molecular weight excluding hydrogens is 467 g/mol. The predicted molar refractivity (Wildman–Crippen MR) is 129 cm³/mol. The molecule has 0 spiro atoms. The summed E-state index contributed by atoms with van der Waals surface area (Å²) in [6, 6.07) is 5.03. The quantitative estimate of drug-likeness (QED) is 0.565. The van der Waals surface area contributed by atoms with Gasteiger partial charge in [-0.2, -0.15) is 13.2 Å². The van der Waals surface area contributed by atoms with Crippen LogP contribution < -0.4 is 15.5 Å². The Morgan fingerprint density at radius 2 is 2.03 bits per heavy atom. The molecular formula is C22H24F3N7OS. The molecule has 180 valence electrons. The lowest BCUT2D eigenvalue weighted by atomic mass is 10.1. The third-order valence-corrected chi connectivity index (χ3v) is 6.80. The van der Waals surface area contributed by atoms with E-state index in [4.69, 9.17) is 0 Å². The van der Waals surface area contributed by atoms with E-state index in [0.29, 0.717) is 34.3 Å². The number of alkyl halides is 3. The number of aliphatic imine (C=N–C) groups is 1. The van der Waals surface area contributed by atoms with Crippen LogP contribution in [0.1, 0.15) is 23.0 Å². The summed E-state index contributed by atoms with van der Waals surface area (Å²) >= 11 is 1.44. The van der Waals surface area contributed by atoms with Crippen LogP contribution in [0.4, 0.5) is 24.5 Å². The largest absolute Gasteiger partial charge is 0.416 e. The fourth-order valence-electron chi connectivity index (χ4n) is 3.55. The van der Waals surface area contributed by atoms with Gasteiger partial charge in [0.15, 0.2) is 5.17 Å². The molecule has 0 bridgehead atoms. The Labute approximate surface area is 198 Å². The molecule has 0 fully saturated rings. The summed E-state index contributed by atoms with van der Waals surface area (Å²) in [6.07, 6.45) is -1.19. The van der Waals surface area contributed by atoms with E-state index in [1.165, 1.54) is 17.8 Å². The van der Waals surface area contributed by atoms with Crippen molar-refractivity contribution < 1.29 is 18.0 Å². The highest BCUT2D eigenvalue weighted by Gasteiger charge is 2.32. The van der Waals surface area contributed by atoms with Gasteiger partial charge in [0, 0.05) is 27.2 Å². The maximum Gasteiger partial charge on any atom is 0.416 e. The highest BCUT2D eigenvalue weighted by molar-refractivity contribution is 8.15. The summed E-state index contributed by atoms with van der Waals surface area (Å²) in [5.74, 6) is -0.296. The van der Waals surface area contributed by atoms with Gasteiger partial charge < -0.3 is 20.1 Å². The molecule has 0 saturated carbocycles. The Balaban J connectivity index is 1.40. The fraction of sp³-hybridized carbons (Fsp3) is 0.364. The van der Waals surface area contributed by atoms with E-state index in [0.717, 1.165) is 17.6 Å². The molecule has 2 unspecified atom stereocenters. The topological polar surface area (TPSA) is 87.4 Å².